The van der Waals surface area contributed by atoms with Crippen LogP contribution in [0.2, 0.25) is 0 Å². The molecule has 1 atom stereocenters. The number of aliphatic hydroxyl groups excluding tert-OH is 1. The Bertz CT molecular complexity index is 1010. The summed E-state index contributed by atoms with van der Waals surface area (Å²) in [6.07, 6.45) is -0.663. The third-order valence-electron chi connectivity index (χ3n) is 4.23. The van der Waals surface area contributed by atoms with Crippen LogP contribution >= 0.6 is 0 Å². The summed E-state index contributed by atoms with van der Waals surface area (Å²) in [5.74, 6) is 0. The van der Waals surface area contributed by atoms with Gasteiger partial charge in [0.15, 0.2) is 0 Å². The fraction of sp³-hybridized carbons (Fsp3) is 0.211. The first kappa shape index (κ1) is 17.6. The predicted octanol–water partition coefficient (Wildman–Crippen LogP) is 3.53. The van der Waals surface area contributed by atoms with Crippen LogP contribution in [0.5, 0.6) is 0 Å². The van der Waals surface area contributed by atoms with Gasteiger partial charge < -0.3 is 14.4 Å². The molecule has 0 aliphatic rings. The van der Waals surface area contributed by atoms with Crippen molar-refractivity contribution in [2.75, 3.05) is 11.4 Å². The number of nitrogens with zero attached hydrogens (tertiary/aromatic N) is 2. The van der Waals surface area contributed by atoms with E-state index in [0.717, 1.165) is 11.1 Å². The summed E-state index contributed by atoms with van der Waals surface area (Å²) in [5, 5.41) is 21.3. The van der Waals surface area contributed by atoms with Crippen molar-refractivity contribution in [3.8, 4) is 11.1 Å². The first-order valence-corrected chi connectivity index (χ1v) is 8.18. The predicted molar refractivity (Wildman–Crippen MR) is 99.3 cm³/mol. The molecule has 0 radical (unpaired) electrons. The number of nitro benzene ring substituents is 1. The molecule has 0 bridgehead atoms. The fourth-order valence-corrected chi connectivity index (χ4v) is 2.91. The number of anilines is 1. The van der Waals surface area contributed by atoms with Gasteiger partial charge in [-0.25, -0.2) is 4.79 Å². The van der Waals surface area contributed by atoms with Crippen molar-refractivity contribution in [2.45, 2.75) is 20.1 Å². The van der Waals surface area contributed by atoms with Crippen molar-refractivity contribution in [3.05, 3.63) is 69.1 Å². The third-order valence-corrected chi connectivity index (χ3v) is 4.23. The Balaban J connectivity index is 2.06. The van der Waals surface area contributed by atoms with E-state index in [-0.39, 0.29) is 5.69 Å². The fourth-order valence-electron chi connectivity index (χ4n) is 2.91. The molecule has 0 spiro atoms. The smallest absolute Gasteiger partial charge is 0.344 e. The van der Waals surface area contributed by atoms with Gasteiger partial charge in [0, 0.05) is 35.8 Å². The highest BCUT2D eigenvalue weighted by Gasteiger charge is 2.14. The topological polar surface area (TPSA) is 96.8 Å². The standard InChI is InChI=1S/C19H18N2O5/c1-3-20(12(2)22)16-9-6-14-10-17(19(23)26-18(14)11-16)13-4-7-15(8-5-13)21(24)25/h4-12,22H,3H2,1-2H3. The number of hydrogen-bond donors (Lipinski definition) is 1. The monoisotopic (exact) mass is 354 g/mol. The second-order valence-corrected chi connectivity index (χ2v) is 5.89. The highest BCUT2D eigenvalue weighted by atomic mass is 16.6. The van der Waals surface area contributed by atoms with E-state index in [1.165, 1.54) is 24.3 Å². The quantitative estimate of drug-likeness (QED) is 0.326. The van der Waals surface area contributed by atoms with Crippen molar-refractivity contribution in [3.63, 3.8) is 0 Å². The molecule has 1 N–H and O–H groups in total. The van der Waals surface area contributed by atoms with Gasteiger partial charge in [-0.05, 0) is 49.7 Å². The summed E-state index contributed by atoms with van der Waals surface area (Å²) in [6.45, 7) is 4.20. The molecule has 3 aromatic rings. The normalized spacial score (nSPS) is 12.1. The largest absolute Gasteiger partial charge is 0.422 e. The first-order valence-electron chi connectivity index (χ1n) is 8.18. The number of rotatable bonds is 5. The van der Waals surface area contributed by atoms with Crippen molar-refractivity contribution in [2.24, 2.45) is 0 Å². The molecule has 3 rings (SSSR count). The summed E-state index contributed by atoms with van der Waals surface area (Å²) in [5.41, 5.74) is 1.49. The summed E-state index contributed by atoms with van der Waals surface area (Å²) in [4.78, 5) is 24.4. The minimum absolute atomic E-state index is 0.0404. The maximum Gasteiger partial charge on any atom is 0.344 e. The molecule has 134 valence electrons. The molecule has 7 nitrogen and oxygen atoms in total. The number of hydrogen-bond acceptors (Lipinski definition) is 6. The number of benzene rings is 2. The Morgan fingerprint density at radius 2 is 1.88 bits per heavy atom. The average Bonchev–Trinajstić information content (AvgIpc) is 2.61. The highest BCUT2D eigenvalue weighted by Crippen LogP contribution is 2.26. The minimum atomic E-state index is -0.663. The SMILES string of the molecule is CCN(c1ccc2cc(-c3ccc([N+](=O)[O-])cc3)c(=O)oc2c1)C(C)O. The van der Waals surface area contributed by atoms with E-state index in [2.05, 4.69) is 0 Å². The Morgan fingerprint density at radius 3 is 2.46 bits per heavy atom. The van der Waals surface area contributed by atoms with Crippen LogP contribution in [-0.2, 0) is 0 Å². The minimum Gasteiger partial charge on any atom is -0.422 e. The molecule has 0 aliphatic carbocycles. The molecule has 1 heterocycles. The Morgan fingerprint density at radius 1 is 1.19 bits per heavy atom. The molecule has 1 aromatic heterocycles. The van der Waals surface area contributed by atoms with E-state index >= 15 is 0 Å². The van der Waals surface area contributed by atoms with Crippen LogP contribution in [0.1, 0.15) is 13.8 Å². The molecule has 26 heavy (non-hydrogen) atoms. The van der Waals surface area contributed by atoms with Gasteiger partial charge in [0.2, 0.25) is 0 Å². The number of fused-ring (bicyclic) bond motifs is 1. The lowest BCUT2D eigenvalue weighted by molar-refractivity contribution is -0.384. The molecule has 2 aromatic carbocycles. The van der Waals surface area contributed by atoms with Crippen LogP contribution in [0, 0.1) is 10.1 Å². The Hall–Kier alpha value is -3.19. The molecule has 0 aliphatic heterocycles. The summed E-state index contributed by atoms with van der Waals surface area (Å²) < 4.78 is 5.44. The van der Waals surface area contributed by atoms with Gasteiger partial charge in [-0.2, -0.15) is 0 Å². The van der Waals surface area contributed by atoms with Crippen LogP contribution in [0.25, 0.3) is 22.1 Å². The Kier molecular flexibility index (Phi) is 4.73. The average molecular weight is 354 g/mol. The molecule has 0 saturated carbocycles. The van der Waals surface area contributed by atoms with Gasteiger partial charge in [-0.3, -0.25) is 10.1 Å². The van der Waals surface area contributed by atoms with Crippen LogP contribution in [-0.4, -0.2) is 22.8 Å². The van der Waals surface area contributed by atoms with E-state index in [9.17, 15) is 20.0 Å². The zero-order chi connectivity index (χ0) is 18.8. The Labute approximate surface area is 149 Å². The third kappa shape index (κ3) is 3.29. The van der Waals surface area contributed by atoms with E-state index in [1.54, 1.807) is 24.0 Å². The maximum absolute atomic E-state index is 12.4. The van der Waals surface area contributed by atoms with E-state index < -0.39 is 16.8 Å². The van der Waals surface area contributed by atoms with Crippen LogP contribution in [0.15, 0.2) is 57.7 Å². The van der Waals surface area contributed by atoms with Crippen molar-refractivity contribution >= 4 is 22.3 Å². The van der Waals surface area contributed by atoms with E-state index in [4.69, 9.17) is 4.42 Å². The second kappa shape index (κ2) is 6.97. The number of nitro groups is 1. The summed E-state index contributed by atoms with van der Waals surface area (Å²) >= 11 is 0. The molecule has 1 unspecified atom stereocenters. The second-order valence-electron chi connectivity index (χ2n) is 5.89. The molecular formula is C19H18N2O5. The molecule has 0 fully saturated rings. The maximum atomic E-state index is 12.4. The summed E-state index contributed by atoms with van der Waals surface area (Å²) in [7, 11) is 0. The van der Waals surface area contributed by atoms with Gasteiger partial charge in [0.05, 0.1) is 10.5 Å². The molecular weight excluding hydrogens is 336 g/mol. The van der Waals surface area contributed by atoms with Gasteiger partial charge in [0.1, 0.15) is 11.8 Å². The van der Waals surface area contributed by atoms with Crippen molar-refractivity contribution in [1.29, 1.82) is 0 Å². The lowest BCUT2D eigenvalue weighted by Crippen LogP contribution is -2.32. The van der Waals surface area contributed by atoms with Crippen molar-refractivity contribution < 1.29 is 14.4 Å². The van der Waals surface area contributed by atoms with Crippen LogP contribution < -0.4 is 10.5 Å². The number of aliphatic hydroxyl groups is 1. The molecule has 7 heteroatoms. The van der Waals surface area contributed by atoms with Crippen LogP contribution in [0.3, 0.4) is 0 Å². The van der Waals surface area contributed by atoms with Gasteiger partial charge in [0.25, 0.3) is 5.69 Å². The highest BCUT2D eigenvalue weighted by molar-refractivity contribution is 5.84. The van der Waals surface area contributed by atoms with Crippen molar-refractivity contribution in [1.82, 2.24) is 0 Å². The molecule has 0 amide bonds. The van der Waals surface area contributed by atoms with Gasteiger partial charge in [-0.1, -0.05) is 0 Å². The van der Waals surface area contributed by atoms with Crippen LogP contribution in [0.4, 0.5) is 11.4 Å². The van der Waals surface area contributed by atoms with E-state index in [1.807, 2.05) is 19.1 Å². The number of non-ortho nitro benzene ring substituents is 1. The lowest BCUT2D eigenvalue weighted by Gasteiger charge is -2.26. The van der Waals surface area contributed by atoms with E-state index in [0.29, 0.717) is 23.3 Å². The van der Waals surface area contributed by atoms with Gasteiger partial charge >= 0.3 is 5.63 Å². The van der Waals surface area contributed by atoms with Gasteiger partial charge in [-0.15, -0.1) is 0 Å². The zero-order valence-electron chi connectivity index (χ0n) is 14.4. The zero-order valence-corrected chi connectivity index (χ0v) is 14.4. The summed E-state index contributed by atoms with van der Waals surface area (Å²) in [6, 6.07) is 12.8. The first-order chi connectivity index (χ1) is 12.4. The molecule has 0 saturated heterocycles. The lowest BCUT2D eigenvalue weighted by atomic mass is 10.1.